The summed E-state index contributed by atoms with van der Waals surface area (Å²) in [4.78, 5) is 0. The summed E-state index contributed by atoms with van der Waals surface area (Å²) in [5.74, 6) is -0.350. The van der Waals surface area contributed by atoms with Crippen molar-refractivity contribution >= 4 is 21.6 Å². The van der Waals surface area contributed by atoms with Crippen LogP contribution in [0, 0.1) is 12.7 Å². The highest BCUT2D eigenvalue weighted by atomic mass is 79.9. The molecule has 0 atom stereocenters. The molecule has 0 aliphatic heterocycles. The summed E-state index contributed by atoms with van der Waals surface area (Å²) in [5, 5.41) is 3.02. The number of ether oxygens (including phenoxy) is 1. The molecule has 0 spiro atoms. The van der Waals surface area contributed by atoms with Crippen LogP contribution < -0.4 is 5.32 Å². The summed E-state index contributed by atoms with van der Waals surface area (Å²) in [5.41, 5.74) is 1.47. The van der Waals surface area contributed by atoms with Crippen LogP contribution in [0.2, 0.25) is 0 Å². The van der Waals surface area contributed by atoms with Gasteiger partial charge in [0.1, 0.15) is 12.4 Å². The van der Waals surface area contributed by atoms with Gasteiger partial charge in [-0.15, -0.1) is 0 Å². The molecule has 0 bridgehead atoms. The molecule has 0 unspecified atom stereocenters. The van der Waals surface area contributed by atoms with Crippen molar-refractivity contribution in [3.8, 4) is 0 Å². The Balaban J connectivity index is 2.28. The lowest BCUT2D eigenvalue weighted by molar-refractivity contribution is -0.173. The van der Waals surface area contributed by atoms with Crippen molar-refractivity contribution in [1.29, 1.82) is 0 Å². The number of halogens is 5. The van der Waals surface area contributed by atoms with Gasteiger partial charge in [-0.25, -0.2) is 4.39 Å². The molecular weight excluding hydrogens is 330 g/mol. The zero-order chi connectivity index (χ0) is 14.5. The van der Waals surface area contributed by atoms with Crippen molar-refractivity contribution in [2.45, 2.75) is 19.5 Å². The number of hydrogen-bond acceptors (Lipinski definition) is 2. The van der Waals surface area contributed by atoms with E-state index in [1.165, 1.54) is 6.07 Å². The average molecular weight is 344 g/mol. The van der Waals surface area contributed by atoms with Crippen molar-refractivity contribution in [1.82, 2.24) is 0 Å². The smallest absolute Gasteiger partial charge is 0.385 e. The van der Waals surface area contributed by atoms with Gasteiger partial charge in [0.05, 0.1) is 4.47 Å². The minimum atomic E-state index is -4.29. The van der Waals surface area contributed by atoms with Crippen LogP contribution in [0.15, 0.2) is 16.6 Å². The Hall–Kier alpha value is -0.820. The Labute approximate surface area is 117 Å². The monoisotopic (exact) mass is 343 g/mol. The Morgan fingerprint density at radius 3 is 2.63 bits per heavy atom. The molecular formula is C12H14BrF4NO. The quantitative estimate of drug-likeness (QED) is 0.615. The van der Waals surface area contributed by atoms with Gasteiger partial charge in [0, 0.05) is 18.8 Å². The molecule has 0 saturated heterocycles. The van der Waals surface area contributed by atoms with E-state index in [0.29, 0.717) is 17.4 Å². The second-order valence-corrected chi connectivity index (χ2v) is 4.88. The van der Waals surface area contributed by atoms with Crippen LogP contribution in [0.3, 0.4) is 0 Å². The minimum absolute atomic E-state index is 0.0217. The number of anilines is 1. The molecule has 1 aromatic rings. The van der Waals surface area contributed by atoms with Crippen LogP contribution in [0.1, 0.15) is 12.0 Å². The summed E-state index contributed by atoms with van der Waals surface area (Å²) >= 11 is 3.07. The Morgan fingerprint density at radius 1 is 1.32 bits per heavy atom. The molecule has 1 aromatic carbocycles. The topological polar surface area (TPSA) is 21.3 Å². The molecule has 0 aromatic heterocycles. The summed E-state index contributed by atoms with van der Waals surface area (Å²) in [6.45, 7) is 0.997. The molecule has 0 heterocycles. The number of aryl methyl sites for hydroxylation is 1. The average Bonchev–Trinajstić information content (AvgIpc) is 2.28. The van der Waals surface area contributed by atoms with Gasteiger partial charge in [0.2, 0.25) is 0 Å². The standard InChI is InChI=1S/C12H14BrF4NO/c1-8-5-10(14)9(13)6-11(8)18-3-2-4-19-7-12(15,16)17/h5-6,18H,2-4,7H2,1H3. The van der Waals surface area contributed by atoms with Gasteiger partial charge in [-0.2, -0.15) is 13.2 Å². The predicted octanol–water partition coefficient (Wildman–Crippen LogP) is 4.28. The Kier molecular flexibility index (Phi) is 6.06. The maximum atomic E-state index is 13.2. The summed E-state index contributed by atoms with van der Waals surface area (Å²) in [7, 11) is 0. The Bertz CT molecular complexity index is 423. The van der Waals surface area contributed by atoms with E-state index < -0.39 is 12.8 Å². The van der Waals surface area contributed by atoms with E-state index in [0.717, 1.165) is 11.3 Å². The summed E-state index contributed by atoms with van der Waals surface area (Å²) in [6.07, 6.45) is -3.85. The lowest BCUT2D eigenvalue weighted by Gasteiger charge is -2.11. The molecule has 0 amide bonds. The van der Waals surface area contributed by atoms with Gasteiger partial charge < -0.3 is 10.1 Å². The van der Waals surface area contributed by atoms with Gasteiger partial charge in [0.25, 0.3) is 0 Å². The molecule has 1 rings (SSSR count). The number of hydrogen-bond donors (Lipinski definition) is 1. The third kappa shape index (κ3) is 6.24. The second kappa shape index (κ2) is 7.09. The highest BCUT2D eigenvalue weighted by Gasteiger charge is 2.27. The predicted molar refractivity (Wildman–Crippen MR) is 68.8 cm³/mol. The van der Waals surface area contributed by atoms with Crippen molar-refractivity contribution in [2.24, 2.45) is 0 Å². The van der Waals surface area contributed by atoms with Gasteiger partial charge in [-0.05, 0) is 47.0 Å². The van der Waals surface area contributed by atoms with Crippen LogP contribution in [0.25, 0.3) is 0 Å². The molecule has 7 heteroatoms. The van der Waals surface area contributed by atoms with E-state index in [9.17, 15) is 17.6 Å². The van der Waals surface area contributed by atoms with Crippen LogP contribution in [-0.2, 0) is 4.74 Å². The first-order chi connectivity index (χ1) is 8.79. The van der Waals surface area contributed by atoms with E-state index >= 15 is 0 Å². The van der Waals surface area contributed by atoms with Crippen molar-refractivity contribution in [2.75, 3.05) is 25.1 Å². The fraction of sp³-hybridized carbons (Fsp3) is 0.500. The highest BCUT2D eigenvalue weighted by Crippen LogP contribution is 2.24. The lowest BCUT2D eigenvalue weighted by Crippen LogP contribution is -2.18. The molecule has 0 fully saturated rings. The van der Waals surface area contributed by atoms with E-state index in [-0.39, 0.29) is 12.4 Å². The third-order valence-electron chi connectivity index (χ3n) is 2.31. The first-order valence-electron chi connectivity index (χ1n) is 5.63. The van der Waals surface area contributed by atoms with Crippen LogP contribution in [-0.4, -0.2) is 25.9 Å². The van der Waals surface area contributed by atoms with Crippen LogP contribution in [0.4, 0.5) is 23.2 Å². The van der Waals surface area contributed by atoms with Crippen LogP contribution >= 0.6 is 15.9 Å². The maximum Gasteiger partial charge on any atom is 0.411 e. The molecule has 19 heavy (non-hydrogen) atoms. The van der Waals surface area contributed by atoms with Gasteiger partial charge in [0.15, 0.2) is 0 Å². The van der Waals surface area contributed by atoms with E-state index in [4.69, 9.17) is 0 Å². The highest BCUT2D eigenvalue weighted by molar-refractivity contribution is 9.10. The minimum Gasteiger partial charge on any atom is -0.385 e. The zero-order valence-corrected chi connectivity index (χ0v) is 11.9. The first-order valence-corrected chi connectivity index (χ1v) is 6.43. The molecule has 0 saturated carbocycles. The van der Waals surface area contributed by atoms with Gasteiger partial charge >= 0.3 is 6.18 Å². The molecule has 0 aliphatic carbocycles. The maximum absolute atomic E-state index is 13.2. The molecule has 0 radical (unpaired) electrons. The third-order valence-corrected chi connectivity index (χ3v) is 2.92. The zero-order valence-electron chi connectivity index (χ0n) is 10.3. The second-order valence-electron chi connectivity index (χ2n) is 4.03. The number of benzene rings is 1. The largest absolute Gasteiger partial charge is 0.411 e. The lowest BCUT2D eigenvalue weighted by atomic mass is 10.2. The van der Waals surface area contributed by atoms with Crippen molar-refractivity contribution < 1.29 is 22.3 Å². The fourth-order valence-corrected chi connectivity index (χ4v) is 1.77. The molecule has 2 nitrogen and oxygen atoms in total. The number of rotatable bonds is 6. The van der Waals surface area contributed by atoms with Gasteiger partial charge in [-0.1, -0.05) is 0 Å². The summed E-state index contributed by atoms with van der Waals surface area (Å²) < 4.78 is 53.3. The Morgan fingerprint density at radius 2 is 2.00 bits per heavy atom. The van der Waals surface area contributed by atoms with Crippen LogP contribution in [0.5, 0.6) is 0 Å². The molecule has 1 N–H and O–H groups in total. The van der Waals surface area contributed by atoms with E-state index in [2.05, 4.69) is 26.0 Å². The molecule has 0 aliphatic rings. The van der Waals surface area contributed by atoms with E-state index in [1.54, 1.807) is 13.0 Å². The van der Waals surface area contributed by atoms with Crippen molar-refractivity contribution in [3.05, 3.63) is 28.0 Å². The fourth-order valence-electron chi connectivity index (χ4n) is 1.42. The van der Waals surface area contributed by atoms with Gasteiger partial charge in [-0.3, -0.25) is 0 Å². The number of nitrogens with one attached hydrogen (secondary N) is 1. The SMILES string of the molecule is Cc1cc(F)c(Br)cc1NCCCOCC(F)(F)F. The van der Waals surface area contributed by atoms with E-state index in [1.807, 2.05) is 0 Å². The first kappa shape index (κ1) is 16.2. The normalized spacial score (nSPS) is 11.7. The number of alkyl halides is 3. The summed E-state index contributed by atoms with van der Waals surface area (Å²) in [6, 6.07) is 2.98. The molecule has 108 valence electrons. The van der Waals surface area contributed by atoms with Crippen molar-refractivity contribution in [3.63, 3.8) is 0 Å².